The molecule has 0 unspecified atom stereocenters. The molecule has 0 aliphatic carbocycles. The van der Waals surface area contributed by atoms with Crippen molar-refractivity contribution in [2.75, 3.05) is 12.3 Å². The van der Waals surface area contributed by atoms with E-state index in [0.717, 1.165) is 11.4 Å². The fraction of sp³-hybridized carbons (Fsp3) is 0.267. The SMILES string of the molecule is CCN(Cc1ccccn1)C(=O)c1cnc(C)cc1N. The summed E-state index contributed by atoms with van der Waals surface area (Å²) in [4.78, 5) is 22.6. The van der Waals surface area contributed by atoms with Gasteiger partial charge in [-0.2, -0.15) is 0 Å². The van der Waals surface area contributed by atoms with Gasteiger partial charge < -0.3 is 10.6 Å². The number of nitrogen functional groups attached to an aromatic ring is 1. The van der Waals surface area contributed by atoms with Crippen LogP contribution < -0.4 is 5.73 Å². The number of aromatic nitrogens is 2. The number of carbonyl (C=O) groups is 1. The molecule has 5 heteroatoms. The van der Waals surface area contributed by atoms with Crippen LogP contribution >= 0.6 is 0 Å². The number of hydrogen-bond acceptors (Lipinski definition) is 4. The van der Waals surface area contributed by atoms with Crippen molar-refractivity contribution in [3.63, 3.8) is 0 Å². The fourth-order valence-corrected chi connectivity index (χ4v) is 1.94. The molecule has 1 amide bonds. The predicted octanol–water partition coefficient (Wildman–Crippen LogP) is 2.03. The molecular formula is C15H18N4O. The van der Waals surface area contributed by atoms with Gasteiger partial charge in [0, 0.05) is 30.3 Å². The molecule has 2 N–H and O–H groups in total. The van der Waals surface area contributed by atoms with E-state index in [4.69, 9.17) is 5.73 Å². The first-order chi connectivity index (χ1) is 9.61. The summed E-state index contributed by atoms with van der Waals surface area (Å²) >= 11 is 0. The van der Waals surface area contributed by atoms with Crippen molar-refractivity contribution < 1.29 is 4.79 Å². The van der Waals surface area contributed by atoms with Gasteiger partial charge in [-0.05, 0) is 32.0 Å². The first-order valence-corrected chi connectivity index (χ1v) is 6.53. The Labute approximate surface area is 118 Å². The van der Waals surface area contributed by atoms with Gasteiger partial charge in [-0.25, -0.2) is 0 Å². The summed E-state index contributed by atoms with van der Waals surface area (Å²) in [7, 11) is 0. The number of aryl methyl sites for hydroxylation is 1. The Morgan fingerprint density at radius 3 is 2.75 bits per heavy atom. The zero-order valence-corrected chi connectivity index (χ0v) is 11.7. The van der Waals surface area contributed by atoms with Crippen molar-refractivity contribution in [3.8, 4) is 0 Å². The van der Waals surface area contributed by atoms with Crippen LogP contribution in [0.25, 0.3) is 0 Å². The quantitative estimate of drug-likeness (QED) is 0.922. The molecule has 104 valence electrons. The Hall–Kier alpha value is -2.43. The molecule has 0 fully saturated rings. The molecule has 0 saturated carbocycles. The molecular weight excluding hydrogens is 252 g/mol. The van der Waals surface area contributed by atoms with E-state index in [9.17, 15) is 4.79 Å². The summed E-state index contributed by atoms with van der Waals surface area (Å²) in [5.74, 6) is -0.122. The summed E-state index contributed by atoms with van der Waals surface area (Å²) < 4.78 is 0. The van der Waals surface area contributed by atoms with Crippen molar-refractivity contribution in [2.45, 2.75) is 20.4 Å². The average Bonchev–Trinajstić information content (AvgIpc) is 2.45. The van der Waals surface area contributed by atoms with Gasteiger partial charge in [0.1, 0.15) is 0 Å². The van der Waals surface area contributed by atoms with Crippen LogP contribution in [0.3, 0.4) is 0 Å². The third-order valence-corrected chi connectivity index (χ3v) is 3.05. The number of hydrogen-bond donors (Lipinski definition) is 1. The van der Waals surface area contributed by atoms with Crippen LogP contribution in [0.1, 0.15) is 28.7 Å². The minimum atomic E-state index is -0.122. The molecule has 5 nitrogen and oxygen atoms in total. The average molecular weight is 270 g/mol. The molecule has 2 heterocycles. The molecule has 2 aromatic heterocycles. The van der Waals surface area contributed by atoms with Gasteiger partial charge in [-0.15, -0.1) is 0 Å². The van der Waals surface area contributed by atoms with Gasteiger partial charge in [-0.3, -0.25) is 14.8 Å². The summed E-state index contributed by atoms with van der Waals surface area (Å²) in [6, 6.07) is 7.36. The van der Waals surface area contributed by atoms with Crippen LogP contribution in [0, 0.1) is 6.92 Å². The van der Waals surface area contributed by atoms with Crippen LogP contribution in [-0.4, -0.2) is 27.3 Å². The second kappa shape index (κ2) is 6.14. The highest BCUT2D eigenvalue weighted by atomic mass is 16.2. The number of nitrogens with zero attached hydrogens (tertiary/aromatic N) is 3. The largest absolute Gasteiger partial charge is 0.398 e. The molecule has 0 atom stereocenters. The monoisotopic (exact) mass is 270 g/mol. The first kappa shape index (κ1) is 14.0. The van der Waals surface area contributed by atoms with Gasteiger partial charge >= 0.3 is 0 Å². The van der Waals surface area contributed by atoms with E-state index in [0.29, 0.717) is 24.3 Å². The topological polar surface area (TPSA) is 72.1 Å². The van der Waals surface area contributed by atoms with Crippen molar-refractivity contribution in [2.24, 2.45) is 0 Å². The molecule has 2 rings (SSSR count). The molecule has 0 saturated heterocycles. The summed E-state index contributed by atoms with van der Waals surface area (Å²) in [6.45, 7) is 4.82. The van der Waals surface area contributed by atoms with Gasteiger partial charge in [0.05, 0.1) is 17.8 Å². The Morgan fingerprint density at radius 1 is 1.35 bits per heavy atom. The summed E-state index contributed by atoms with van der Waals surface area (Å²) in [5.41, 5.74) is 8.45. The van der Waals surface area contributed by atoms with Gasteiger partial charge in [0.25, 0.3) is 5.91 Å². The Kier molecular flexibility index (Phi) is 4.30. The summed E-state index contributed by atoms with van der Waals surface area (Å²) in [5, 5.41) is 0. The van der Waals surface area contributed by atoms with Crippen LogP contribution in [-0.2, 0) is 6.54 Å². The molecule has 0 radical (unpaired) electrons. The van der Waals surface area contributed by atoms with Crippen molar-refractivity contribution in [3.05, 3.63) is 53.6 Å². The second-order valence-corrected chi connectivity index (χ2v) is 4.55. The van der Waals surface area contributed by atoms with Gasteiger partial charge in [-0.1, -0.05) is 6.07 Å². The molecule has 20 heavy (non-hydrogen) atoms. The maximum Gasteiger partial charge on any atom is 0.257 e. The third-order valence-electron chi connectivity index (χ3n) is 3.05. The third kappa shape index (κ3) is 3.12. The normalized spacial score (nSPS) is 10.3. The zero-order chi connectivity index (χ0) is 14.5. The first-order valence-electron chi connectivity index (χ1n) is 6.53. The van der Waals surface area contributed by atoms with Crippen LogP contribution in [0.15, 0.2) is 36.7 Å². The molecule has 0 aliphatic heterocycles. The molecule has 2 aromatic rings. The van der Waals surface area contributed by atoms with Crippen LogP contribution in [0.4, 0.5) is 5.69 Å². The lowest BCUT2D eigenvalue weighted by Gasteiger charge is -2.21. The summed E-state index contributed by atoms with van der Waals surface area (Å²) in [6.07, 6.45) is 3.25. The maximum absolute atomic E-state index is 12.5. The number of anilines is 1. The highest BCUT2D eigenvalue weighted by Gasteiger charge is 2.17. The zero-order valence-electron chi connectivity index (χ0n) is 11.7. The molecule has 0 spiro atoms. The number of carbonyl (C=O) groups excluding carboxylic acids is 1. The predicted molar refractivity (Wildman–Crippen MR) is 78.0 cm³/mol. The number of amides is 1. The van der Waals surface area contributed by atoms with Crippen molar-refractivity contribution in [1.82, 2.24) is 14.9 Å². The number of pyridine rings is 2. The molecule has 0 bridgehead atoms. The highest BCUT2D eigenvalue weighted by molar-refractivity contribution is 5.98. The van der Waals surface area contributed by atoms with E-state index < -0.39 is 0 Å². The smallest absolute Gasteiger partial charge is 0.257 e. The Balaban J connectivity index is 2.21. The molecule has 0 aromatic carbocycles. The lowest BCUT2D eigenvalue weighted by atomic mass is 10.2. The Bertz CT molecular complexity index is 598. The minimum Gasteiger partial charge on any atom is -0.398 e. The van der Waals surface area contributed by atoms with Crippen molar-refractivity contribution >= 4 is 11.6 Å². The Morgan fingerprint density at radius 2 is 2.15 bits per heavy atom. The van der Waals surface area contributed by atoms with E-state index >= 15 is 0 Å². The van der Waals surface area contributed by atoms with Gasteiger partial charge in [0.15, 0.2) is 0 Å². The second-order valence-electron chi connectivity index (χ2n) is 4.55. The maximum atomic E-state index is 12.5. The lowest BCUT2D eigenvalue weighted by Crippen LogP contribution is -2.31. The number of rotatable bonds is 4. The van der Waals surface area contributed by atoms with Crippen LogP contribution in [0.5, 0.6) is 0 Å². The molecule has 0 aliphatic rings. The van der Waals surface area contributed by atoms with E-state index in [2.05, 4.69) is 9.97 Å². The van der Waals surface area contributed by atoms with E-state index in [1.807, 2.05) is 32.0 Å². The van der Waals surface area contributed by atoms with Crippen molar-refractivity contribution in [1.29, 1.82) is 0 Å². The van der Waals surface area contributed by atoms with E-state index in [-0.39, 0.29) is 5.91 Å². The lowest BCUT2D eigenvalue weighted by molar-refractivity contribution is 0.0751. The minimum absolute atomic E-state index is 0.122. The van der Waals surface area contributed by atoms with E-state index in [1.165, 1.54) is 6.20 Å². The van der Waals surface area contributed by atoms with Crippen LogP contribution in [0.2, 0.25) is 0 Å². The van der Waals surface area contributed by atoms with E-state index in [1.54, 1.807) is 17.2 Å². The highest BCUT2D eigenvalue weighted by Crippen LogP contribution is 2.15. The number of nitrogens with two attached hydrogens (primary N) is 1. The fourth-order valence-electron chi connectivity index (χ4n) is 1.94. The standard InChI is InChI=1S/C15H18N4O/c1-3-19(10-12-6-4-5-7-17-12)15(20)13-9-18-11(2)8-14(13)16/h4-9H,3,10H2,1-2H3,(H2,16,18). The van der Waals surface area contributed by atoms with Gasteiger partial charge in [0.2, 0.25) is 0 Å².